The third-order valence-corrected chi connectivity index (χ3v) is 11.2. The van der Waals surface area contributed by atoms with Crippen LogP contribution in [0.1, 0.15) is 72.9 Å². The summed E-state index contributed by atoms with van der Waals surface area (Å²) in [4.78, 5) is 12.9. The van der Waals surface area contributed by atoms with Crippen molar-refractivity contribution in [3.8, 4) is 5.75 Å². The van der Waals surface area contributed by atoms with Gasteiger partial charge in [-0.15, -0.1) is 0 Å². The maximum Gasteiger partial charge on any atom is 0.344 e. The summed E-state index contributed by atoms with van der Waals surface area (Å²) >= 11 is 6.48. The van der Waals surface area contributed by atoms with Gasteiger partial charge in [0.05, 0.1) is 10.5 Å². The van der Waals surface area contributed by atoms with Crippen LogP contribution in [0.2, 0.25) is 0 Å². The Morgan fingerprint density at radius 1 is 1.09 bits per heavy atom. The summed E-state index contributed by atoms with van der Waals surface area (Å²) in [6.45, 7) is 3.70. The number of ether oxygens (including phenoxy) is 1. The zero-order valence-electron chi connectivity index (χ0n) is 17.5. The van der Waals surface area contributed by atoms with Crippen LogP contribution in [-0.4, -0.2) is 18.9 Å². The van der Waals surface area contributed by atoms with E-state index in [0.717, 1.165) is 36.4 Å². The normalized spacial score (nSPS) is 22.5. The minimum absolute atomic E-state index is 0.0161. The summed E-state index contributed by atoms with van der Waals surface area (Å²) in [5, 5.41) is 0. The highest BCUT2D eigenvalue weighted by Crippen LogP contribution is 2.54. The van der Waals surface area contributed by atoms with E-state index in [1.165, 1.54) is 0 Å². The molecule has 0 aliphatic heterocycles. The van der Waals surface area contributed by atoms with Crippen molar-refractivity contribution in [1.29, 1.82) is 0 Å². The van der Waals surface area contributed by atoms with Crippen LogP contribution in [0.5, 0.6) is 5.75 Å². The molecule has 172 valence electrons. The van der Waals surface area contributed by atoms with Gasteiger partial charge < -0.3 is 9.29 Å². The summed E-state index contributed by atoms with van der Waals surface area (Å²) < 4.78 is 45.5. The van der Waals surface area contributed by atoms with E-state index in [9.17, 15) is 17.8 Å². The van der Waals surface area contributed by atoms with E-state index in [1.54, 1.807) is 18.2 Å². The molecule has 2 aliphatic carbocycles. The number of hydrogen-bond acceptors (Lipinski definition) is 5. The molecule has 0 spiro atoms. The third-order valence-electron chi connectivity index (χ3n) is 6.55. The van der Waals surface area contributed by atoms with Crippen LogP contribution in [0.3, 0.4) is 0 Å². The Kier molecular flexibility index (Phi) is 7.51. The summed E-state index contributed by atoms with van der Waals surface area (Å²) in [6.07, 6.45) is 4.17. The molecule has 32 heavy (non-hydrogen) atoms. The molecule has 2 fully saturated rings. The summed E-state index contributed by atoms with van der Waals surface area (Å²) in [6, 6.07) is 6.95. The van der Waals surface area contributed by atoms with Crippen molar-refractivity contribution in [3.63, 3.8) is 0 Å². The summed E-state index contributed by atoms with van der Waals surface area (Å²) in [5.74, 6) is 0.581. The Morgan fingerprint density at radius 2 is 1.81 bits per heavy atom. The highest BCUT2D eigenvalue weighted by Gasteiger charge is 2.42. The quantitative estimate of drug-likeness (QED) is 0.112. The van der Waals surface area contributed by atoms with E-state index in [-0.39, 0.29) is 16.7 Å². The Balaban J connectivity index is 1.81. The lowest BCUT2D eigenvalue weighted by molar-refractivity contribution is 0.0733. The molecule has 0 radical (unpaired) electrons. The number of fused-ring (bicyclic) bond motifs is 2. The van der Waals surface area contributed by atoms with E-state index in [4.69, 9.17) is 4.74 Å². The predicted octanol–water partition coefficient (Wildman–Crippen LogP) is 6.65. The van der Waals surface area contributed by atoms with E-state index in [2.05, 4.69) is 67.8 Å². The molecule has 0 amide bonds. The van der Waals surface area contributed by atoms with Crippen molar-refractivity contribution < 1.29 is 22.5 Å². The van der Waals surface area contributed by atoms with Crippen LogP contribution >= 0.6 is 67.8 Å². The summed E-state index contributed by atoms with van der Waals surface area (Å²) in [5.41, 5.74) is 1.43. The molecule has 2 aliphatic rings. The zero-order chi connectivity index (χ0) is 23.4. The summed E-state index contributed by atoms with van der Waals surface area (Å²) in [7, 11) is -4.67. The molecule has 4 rings (SSSR count). The number of esters is 1. The Labute approximate surface area is 229 Å². The van der Waals surface area contributed by atoms with Gasteiger partial charge in [-0.05, 0) is 146 Å². The fourth-order valence-electron chi connectivity index (χ4n) is 5.19. The average Bonchev–Trinajstić information content (AvgIpc) is 3.32. The number of carbonyl (C=O) groups is 1. The number of halogens is 3. The molecular weight excluding hydrogens is 769 g/mol. The van der Waals surface area contributed by atoms with Crippen LogP contribution in [-0.2, 0) is 10.1 Å². The van der Waals surface area contributed by atoms with E-state index in [1.807, 2.05) is 19.9 Å². The average molecular weight is 791 g/mol. The van der Waals surface area contributed by atoms with Crippen molar-refractivity contribution in [2.75, 3.05) is 0 Å². The van der Waals surface area contributed by atoms with Crippen LogP contribution in [0.25, 0.3) is 0 Å². The monoisotopic (exact) mass is 791 g/mol. The van der Waals surface area contributed by atoms with E-state index in [0.29, 0.717) is 34.3 Å². The number of benzene rings is 2. The first-order chi connectivity index (χ1) is 15.0. The maximum atomic E-state index is 13.0. The van der Waals surface area contributed by atoms with Gasteiger partial charge in [-0.25, -0.2) is 13.2 Å². The lowest BCUT2D eigenvalue weighted by atomic mass is 9.82. The van der Waals surface area contributed by atoms with Gasteiger partial charge in [0.1, 0.15) is 15.9 Å². The van der Waals surface area contributed by atoms with Gasteiger partial charge in [-0.1, -0.05) is 20.3 Å². The van der Waals surface area contributed by atoms with Gasteiger partial charge in [0.2, 0.25) is 0 Å². The molecule has 5 nitrogen and oxygen atoms in total. The van der Waals surface area contributed by atoms with Crippen molar-refractivity contribution in [1.82, 2.24) is 0 Å². The first-order valence-corrected chi connectivity index (χ1v) is 15.1. The first-order valence-electron chi connectivity index (χ1n) is 10.5. The molecule has 0 aromatic heterocycles. The van der Waals surface area contributed by atoms with Gasteiger partial charge in [-0.3, -0.25) is 0 Å². The van der Waals surface area contributed by atoms with E-state index >= 15 is 0 Å². The zero-order valence-corrected chi connectivity index (χ0v) is 24.8. The highest BCUT2D eigenvalue weighted by molar-refractivity contribution is 14.1. The third kappa shape index (κ3) is 5.01. The van der Waals surface area contributed by atoms with Crippen molar-refractivity contribution >= 4 is 83.9 Å². The fourth-order valence-corrected chi connectivity index (χ4v) is 8.65. The predicted molar refractivity (Wildman–Crippen MR) is 146 cm³/mol. The number of rotatable bonds is 5. The number of carbonyl (C=O) groups excluding carboxylic acids is 1. The molecule has 0 saturated heterocycles. The van der Waals surface area contributed by atoms with Crippen molar-refractivity contribution in [2.45, 2.75) is 56.3 Å². The largest absolute Gasteiger partial charge is 0.744 e. The SMILES string of the molecule is CC(C)c1cc(OC(=O)c2cc(I)cc(I)c2I)cc(C2CC3CCC2C3)c1S(=O)(=O)[O-]. The second-order valence-electron chi connectivity index (χ2n) is 8.96. The molecule has 2 aromatic carbocycles. The fraction of sp³-hybridized carbons (Fsp3) is 0.435. The van der Waals surface area contributed by atoms with Crippen LogP contribution in [0.4, 0.5) is 0 Å². The first kappa shape index (κ1) is 25.1. The standard InChI is InChI=1S/C23H23I3O5S/c1-11(2)16-9-15(31-23(27)19-7-14(24)8-20(25)21(19)26)10-18(22(16)32(28,29)30)17-6-12-3-4-13(17)5-12/h7-13,17H,3-6H2,1-2H3,(H,28,29,30)/p-1. The Hall–Kier alpha value is 0.01000. The molecule has 0 N–H and O–H groups in total. The van der Waals surface area contributed by atoms with Crippen molar-refractivity contribution in [3.05, 3.63) is 51.7 Å². The van der Waals surface area contributed by atoms with Gasteiger partial charge in [0.15, 0.2) is 0 Å². The van der Waals surface area contributed by atoms with Gasteiger partial charge >= 0.3 is 5.97 Å². The lowest BCUT2D eigenvalue weighted by Gasteiger charge is -2.28. The number of hydrogen-bond donors (Lipinski definition) is 0. The Morgan fingerprint density at radius 3 is 2.38 bits per heavy atom. The molecule has 2 aromatic rings. The van der Waals surface area contributed by atoms with Gasteiger partial charge in [-0.2, -0.15) is 0 Å². The van der Waals surface area contributed by atoms with Crippen molar-refractivity contribution in [2.24, 2.45) is 11.8 Å². The minimum atomic E-state index is -4.67. The molecule has 2 saturated carbocycles. The molecule has 3 unspecified atom stereocenters. The van der Waals surface area contributed by atoms with Crippen LogP contribution < -0.4 is 4.74 Å². The molecule has 0 heterocycles. The topological polar surface area (TPSA) is 83.5 Å². The minimum Gasteiger partial charge on any atom is -0.744 e. The molecule has 2 bridgehead atoms. The van der Waals surface area contributed by atoms with Gasteiger partial charge in [0.25, 0.3) is 0 Å². The second kappa shape index (κ2) is 9.57. The maximum absolute atomic E-state index is 13.0. The molecular formula is C23H22I3O5S-. The molecule has 3 atom stereocenters. The Bertz CT molecular complexity index is 1190. The molecule has 9 heteroatoms. The van der Waals surface area contributed by atoms with E-state index < -0.39 is 16.1 Å². The van der Waals surface area contributed by atoms with Crippen LogP contribution in [0, 0.1) is 22.5 Å². The lowest BCUT2D eigenvalue weighted by Crippen LogP contribution is -2.17. The van der Waals surface area contributed by atoms with Gasteiger partial charge in [0, 0.05) is 10.7 Å². The second-order valence-corrected chi connectivity index (χ2v) is 13.8. The highest BCUT2D eigenvalue weighted by atomic mass is 127. The van der Waals surface area contributed by atoms with Crippen LogP contribution in [0.15, 0.2) is 29.2 Å². The smallest absolute Gasteiger partial charge is 0.344 e.